The van der Waals surface area contributed by atoms with Crippen molar-refractivity contribution in [2.45, 2.75) is 20.4 Å². The summed E-state index contributed by atoms with van der Waals surface area (Å²) in [6.07, 6.45) is 0. The third kappa shape index (κ3) is 4.61. The van der Waals surface area contributed by atoms with Crippen molar-refractivity contribution in [3.05, 3.63) is 87.5 Å². The molecular formula is C27H25N3O3S. The van der Waals surface area contributed by atoms with E-state index >= 15 is 0 Å². The zero-order valence-corrected chi connectivity index (χ0v) is 20.1. The maximum Gasteiger partial charge on any atom is 0.262 e. The number of nitrogens with one attached hydrogen (secondary N) is 1. The van der Waals surface area contributed by atoms with Crippen molar-refractivity contribution < 1.29 is 14.3 Å². The first kappa shape index (κ1) is 22.0. The second-order valence-corrected chi connectivity index (χ2v) is 9.18. The summed E-state index contributed by atoms with van der Waals surface area (Å²) in [5, 5.41) is 5.01. The van der Waals surface area contributed by atoms with Crippen LogP contribution < -0.4 is 19.6 Å². The first-order chi connectivity index (χ1) is 16.5. The third-order valence-electron chi connectivity index (χ3n) is 5.64. The van der Waals surface area contributed by atoms with Crippen LogP contribution in [0.3, 0.4) is 0 Å². The number of amides is 1. The second-order valence-electron chi connectivity index (χ2n) is 8.34. The van der Waals surface area contributed by atoms with Gasteiger partial charge in [-0.1, -0.05) is 18.2 Å². The van der Waals surface area contributed by atoms with Crippen LogP contribution in [-0.2, 0) is 11.3 Å². The molecule has 0 spiro atoms. The standard InChI is InChI=1S/C27H25N3O3S/c1-17-10-18(2)12-21(11-17)28-27-30(14-19-4-7-22(32-3)8-5-19)24(16-34-27)20-6-9-25-23(13-20)29-26(31)15-33-25/h4-13,16H,14-15H2,1-3H3,(H,29,31). The molecule has 0 unspecified atom stereocenters. The summed E-state index contributed by atoms with van der Waals surface area (Å²) >= 11 is 1.60. The molecule has 1 aliphatic heterocycles. The van der Waals surface area contributed by atoms with E-state index in [2.05, 4.69) is 59.4 Å². The highest BCUT2D eigenvalue weighted by molar-refractivity contribution is 7.07. The van der Waals surface area contributed by atoms with Crippen LogP contribution in [0.1, 0.15) is 16.7 Å². The van der Waals surface area contributed by atoms with Gasteiger partial charge in [-0.15, -0.1) is 11.3 Å². The fraction of sp³-hybridized carbons (Fsp3) is 0.185. The molecule has 3 aromatic carbocycles. The molecule has 0 bridgehead atoms. The van der Waals surface area contributed by atoms with E-state index in [1.54, 1.807) is 18.4 Å². The minimum Gasteiger partial charge on any atom is -0.497 e. The number of hydrogen-bond acceptors (Lipinski definition) is 5. The average Bonchev–Trinajstić information content (AvgIpc) is 3.20. The maximum absolute atomic E-state index is 11.8. The third-order valence-corrected chi connectivity index (χ3v) is 6.50. The van der Waals surface area contributed by atoms with Crippen LogP contribution >= 0.6 is 11.3 Å². The molecule has 5 rings (SSSR count). The van der Waals surface area contributed by atoms with Gasteiger partial charge in [0.25, 0.3) is 5.91 Å². The molecule has 172 valence electrons. The van der Waals surface area contributed by atoms with Crippen molar-refractivity contribution >= 4 is 28.6 Å². The zero-order valence-electron chi connectivity index (χ0n) is 19.3. The predicted octanol–water partition coefficient (Wildman–Crippen LogP) is 5.45. The number of aromatic nitrogens is 1. The molecule has 1 aromatic heterocycles. The van der Waals surface area contributed by atoms with E-state index in [1.165, 1.54) is 11.1 Å². The number of hydrogen-bond donors (Lipinski definition) is 1. The number of thiazole rings is 1. The molecule has 2 heterocycles. The van der Waals surface area contributed by atoms with Gasteiger partial charge in [-0.2, -0.15) is 0 Å². The van der Waals surface area contributed by atoms with Gasteiger partial charge in [-0.25, -0.2) is 4.99 Å². The number of methoxy groups -OCH3 is 1. The molecule has 4 aromatic rings. The SMILES string of the molecule is COc1ccc(Cn2c(-c3ccc4c(c3)NC(=O)CO4)csc2=Nc2cc(C)cc(C)c2)cc1. The summed E-state index contributed by atoms with van der Waals surface area (Å²) in [7, 11) is 1.67. The molecular weight excluding hydrogens is 446 g/mol. The monoisotopic (exact) mass is 471 g/mol. The summed E-state index contributed by atoms with van der Waals surface area (Å²) in [5.74, 6) is 1.36. The van der Waals surface area contributed by atoms with Crippen molar-refractivity contribution in [2.24, 2.45) is 4.99 Å². The van der Waals surface area contributed by atoms with Crippen LogP contribution in [0.4, 0.5) is 11.4 Å². The molecule has 1 aliphatic rings. The Labute approximate surface area is 202 Å². The molecule has 34 heavy (non-hydrogen) atoms. The van der Waals surface area contributed by atoms with E-state index in [0.717, 1.165) is 33.1 Å². The van der Waals surface area contributed by atoms with Gasteiger partial charge in [-0.05, 0) is 73.0 Å². The number of anilines is 1. The van der Waals surface area contributed by atoms with Crippen molar-refractivity contribution in [3.63, 3.8) is 0 Å². The van der Waals surface area contributed by atoms with Gasteiger partial charge in [0.1, 0.15) is 11.5 Å². The lowest BCUT2D eigenvalue weighted by Gasteiger charge is -2.19. The van der Waals surface area contributed by atoms with Crippen molar-refractivity contribution in [2.75, 3.05) is 19.0 Å². The second kappa shape index (κ2) is 9.19. The predicted molar refractivity (Wildman–Crippen MR) is 135 cm³/mol. The molecule has 0 aliphatic carbocycles. The molecule has 0 fully saturated rings. The highest BCUT2D eigenvalue weighted by Crippen LogP contribution is 2.33. The van der Waals surface area contributed by atoms with Crippen LogP contribution in [-0.4, -0.2) is 24.2 Å². The fourth-order valence-corrected chi connectivity index (χ4v) is 5.01. The van der Waals surface area contributed by atoms with E-state index in [4.69, 9.17) is 14.5 Å². The number of nitrogens with zero attached hydrogens (tertiary/aromatic N) is 2. The number of benzene rings is 3. The molecule has 0 saturated heterocycles. The Morgan fingerprint density at radius 2 is 1.82 bits per heavy atom. The summed E-state index contributed by atoms with van der Waals surface area (Å²) < 4.78 is 13.1. The van der Waals surface area contributed by atoms with Crippen molar-refractivity contribution in [1.29, 1.82) is 0 Å². The summed E-state index contributed by atoms with van der Waals surface area (Å²) in [5.41, 5.74) is 7.12. The lowest BCUT2D eigenvalue weighted by molar-refractivity contribution is -0.118. The first-order valence-electron chi connectivity index (χ1n) is 11.0. The van der Waals surface area contributed by atoms with Crippen LogP contribution in [0.5, 0.6) is 11.5 Å². The van der Waals surface area contributed by atoms with Crippen LogP contribution in [0, 0.1) is 13.8 Å². The molecule has 0 saturated carbocycles. The molecule has 6 nitrogen and oxygen atoms in total. The normalized spacial score (nSPS) is 13.3. The van der Waals surface area contributed by atoms with Gasteiger partial charge < -0.3 is 19.4 Å². The summed E-state index contributed by atoms with van der Waals surface area (Å²) in [6, 6.07) is 20.3. The van der Waals surface area contributed by atoms with Crippen LogP contribution in [0.2, 0.25) is 0 Å². The lowest BCUT2D eigenvalue weighted by atomic mass is 10.1. The number of carbonyl (C=O) groups excluding carboxylic acids is 1. The Bertz CT molecular complexity index is 1410. The van der Waals surface area contributed by atoms with E-state index < -0.39 is 0 Å². The topological polar surface area (TPSA) is 64.8 Å². The average molecular weight is 472 g/mol. The molecule has 1 amide bonds. The molecule has 1 N–H and O–H groups in total. The van der Waals surface area contributed by atoms with Crippen molar-refractivity contribution in [3.8, 4) is 22.8 Å². The van der Waals surface area contributed by atoms with Gasteiger partial charge >= 0.3 is 0 Å². The Morgan fingerprint density at radius 3 is 2.56 bits per heavy atom. The number of ether oxygens (including phenoxy) is 2. The first-order valence-corrected chi connectivity index (χ1v) is 11.9. The smallest absolute Gasteiger partial charge is 0.262 e. The van der Waals surface area contributed by atoms with Crippen molar-refractivity contribution in [1.82, 2.24) is 4.57 Å². The molecule has 0 atom stereocenters. The minimum atomic E-state index is -0.147. The van der Waals surface area contributed by atoms with E-state index in [9.17, 15) is 4.79 Å². The van der Waals surface area contributed by atoms with E-state index in [0.29, 0.717) is 18.0 Å². The molecule has 0 radical (unpaired) electrons. The van der Waals surface area contributed by atoms with Crippen LogP contribution in [0.15, 0.2) is 71.0 Å². The van der Waals surface area contributed by atoms with E-state index in [-0.39, 0.29) is 12.5 Å². The lowest BCUT2D eigenvalue weighted by Crippen LogP contribution is -2.25. The van der Waals surface area contributed by atoms with Gasteiger partial charge in [0.2, 0.25) is 0 Å². The van der Waals surface area contributed by atoms with Gasteiger partial charge in [0.05, 0.1) is 30.7 Å². The maximum atomic E-state index is 11.8. The summed E-state index contributed by atoms with van der Waals surface area (Å²) in [6.45, 7) is 4.86. The summed E-state index contributed by atoms with van der Waals surface area (Å²) in [4.78, 5) is 17.7. The molecule has 7 heteroatoms. The van der Waals surface area contributed by atoms with Gasteiger partial charge in [0.15, 0.2) is 11.4 Å². The Kier molecular flexibility index (Phi) is 5.94. The van der Waals surface area contributed by atoms with E-state index in [1.807, 2.05) is 30.3 Å². The Hall–Kier alpha value is -3.84. The van der Waals surface area contributed by atoms with Gasteiger partial charge in [0, 0.05) is 10.9 Å². The minimum absolute atomic E-state index is 0.0429. The Morgan fingerprint density at radius 1 is 1.06 bits per heavy atom. The highest BCUT2D eigenvalue weighted by atomic mass is 32.1. The highest BCUT2D eigenvalue weighted by Gasteiger charge is 2.18. The van der Waals surface area contributed by atoms with Gasteiger partial charge in [-0.3, -0.25) is 4.79 Å². The number of aryl methyl sites for hydroxylation is 2. The Balaban J connectivity index is 1.62. The number of rotatable bonds is 5. The number of carbonyl (C=O) groups is 1. The zero-order chi connectivity index (χ0) is 23.7. The quantitative estimate of drug-likeness (QED) is 0.421. The van der Waals surface area contributed by atoms with Crippen LogP contribution in [0.25, 0.3) is 11.3 Å². The number of fused-ring (bicyclic) bond motifs is 1. The fourth-order valence-electron chi connectivity index (χ4n) is 4.08. The largest absolute Gasteiger partial charge is 0.497 e.